The van der Waals surface area contributed by atoms with Crippen LogP contribution in [0.3, 0.4) is 0 Å². The van der Waals surface area contributed by atoms with Crippen LogP contribution in [0.2, 0.25) is 10.0 Å². The second-order valence-electron chi connectivity index (χ2n) is 5.06. The number of rotatable bonds is 4. The van der Waals surface area contributed by atoms with Gasteiger partial charge in [0.1, 0.15) is 5.82 Å². The minimum Gasteiger partial charge on any atom is -0.340 e. The summed E-state index contributed by atoms with van der Waals surface area (Å²) in [5, 5.41) is 9.68. The topological polar surface area (TPSA) is 66.0 Å². The van der Waals surface area contributed by atoms with Gasteiger partial charge in [-0.2, -0.15) is 0 Å². The third-order valence-corrected chi connectivity index (χ3v) is 3.86. The number of urea groups is 1. The highest BCUT2D eigenvalue weighted by Gasteiger charge is 2.23. The largest absolute Gasteiger partial charge is 0.340 e. The summed E-state index contributed by atoms with van der Waals surface area (Å²) in [5.74, 6) is 0.645. The van der Waals surface area contributed by atoms with Gasteiger partial charge in [-0.3, -0.25) is 0 Å². The lowest BCUT2D eigenvalue weighted by molar-refractivity contribution is 0.251. The van der Waals surface area contributed by atoms with E-state index in [0.717, 1.165) is 18.5 Å². The number of hydrogen-bond donors (Lipinski definition) is 3. The molecule has 22 heavy (non-hydrogen) atoms. The van der Waals surface area contributed by atoms with E-state index in [1.807, 2.05) is 6.07 Å². The fraction of sp³-hybridized carbons (Fsp3) is 0.200. The number of amides is 2. The number of halogens is 2. The van der Waals surface area contributed by atoms with Gasteiger partial charge in [0.25, 0.3) is 0 Å². The van der Waals surface area contributed by atoms with Crippen LogP contribution < -0.4 is 16.0 Å². The number of nitrogens with one attached hydrogen (secondary N) is 3. The zero-order valence-electron chi connectivity index (χ0n) is 11.6. The molecule has 3 N–H and O–H groups in total. The second kappa shape index (κ2) is 6.42. The highest BCUT2D eigenvalue weighted by Crippen LogP contribution is 2.26. The molecule has 114 valence electrons. The van der Waals surface area contributed by atoms with Gasteiger partial charge in [0.2, 0.25) is 0 Å². The lowest BCUT2D eigenvalue weighted by Gasteiger charge is -2.09. The van der Waals surface area contributed by atoms with E-state index >= 15 is 0 Å². The first-order chi connectivity index (χ1) is 10.6. The van der Waals surface area contributed by atoms with Gasteiger partial charge in [-0.1, -0.05) is 23.2 Å². The molecule has 2 aromatic rings. The average molecular weight is 337 g/mol. The van der Waals surface area contributed by atoms with Crippen LogP contribution >= 0.6 is 23.2 Å². The smallest absolute Gasteiger partial charge is 0.319 e. The number of aromatic nitrogens is 1. The minimum absolute atomic E-state index is 0.200. The van der Waals surface area contributed by atoms with Crippen LogP contribution in [0.25, 0.3) is 0 Å². The predicted octanol–water partition coefficient (Wildman–Crippen LogP) is 4.42. The zero-order chi connectivity index (χ0) is 15.5. The van der Waals surface area contributed by atoms with Crippen molar-refractivity contribution >= 4 is 46.4 Å². The number of carbonyl (C=O) groups is 1. The second-order valence-corrected chi connectivity index (χ2v) is 5.87. The Bertz CT molecular complexity index is 686. The van der Waals surface area contributed by atoms with E-state index in [9.17, 15) is 4.79 Å². The monoisotopic (exact) mass is 336 g/mol. The van der Waals surface area contributed by atoms with Crippen LogP contribution in [0.4, 0.5) is 22.0 Å². The lowest BCUT2D eigenvalue weighted by Crippen LogP contribution is -2.30. The molecule has 0 radical (unpaired) electrons. The summed E-state index contributed by atoms with van der Waals surface area (Å²) in [6.45, 7) is 0. The number of benzene rings is 1. The van der Waals surface area contributed by atoms with Crippen molar-refractivity contribution in [3.8, 4) is 0 Å². The Hall–Kier alpha value is -1.98. The lowest BCUT2D eigenvalue weighted by atomic mass is 10.3. The Morgan fingerprint density at radius 2 is 1.86 bits per heavy atom. The average Bonchev–Trinajstić information content (AvgIpc) is 3.29. The summed E-state index contributed by atoms with van der Waals surface area (Å²) >= 11 is 11.8. The highest BCUT2D eigenvalue weighted by molar-refractivity contribution is 6.42. The summed E-state index contributed by atoms with van der Waals surface area (Å²) in [7, 11) is 0. The SMILES string of the molecule is O=C(Nc1ccc(Nc2ccc(Cl)c(Cl)c2)nc1)NC1CC1. The molecule has 0 bridgehead atoms. The first kappa shape index (κ1) is 14.9. The van der Waals surface area contributed by atoms with Gasteiger partial charge in [0.15, 0.2) is 0 Å². The van der Waals surface area contributed by atoms with Gasteiger partial charge in [0.05, 0.1) is 21.9 Å². The number of pyridine rings is 1. The van der Waals surface area contributed by atoms with Crippen molar-refractivity contribution in [2.24, 2.45) is 0 Å². The molecule has 7 heteroatoms. The third-order valence-electron chi connectivity index (χ3n) is 3.13. The van der Waals surface area contributed by atoms with Crippen molar-refractivity contribution in [3.05, 3.63) is 46.6 Å². The van der Waals surface area contributed by atoms with Gasteiger partial charge in [-0.25, -0.2) is 9.78 Å². The van der Waals surface area contributed by atoms with Gasteiger partial charge in [0, 0.05) is 11.7 Å². The van der Waals surface area contributed by atoms with Crippen molar-refractivity contribution < 1.29 is 4.79 Å². The van der Waals surface area contributed by atoms with Crippen molar-refractivity contribution in [2.75, 3.05) is 10.6 Å². The van der Waals surface area contributed by atoms with Gasteiger partial charge in [-0.15, -0.1) is 0 Å². The van der Waals surface area contributed by atoms with E-state index in [4.69, 9.17) is 23.2 Å². The Balaban J connectivity index is 1.60. The van der Waals surface area contributed by atoms with Crippen LogP contribution in [0.5, 0.6) is 0 Å². The number of nitrogens with zero attached hydrogens (tertiary/aromatic N) is 1. The van der Waals surface area contributed by atoms with Crippen LogP contribution in [-0.2, 0) is 0 Å². The van der Waals surface area contributed by atoms with Crippen molar-refractivity contribution in [1.29, 1.82) is 0 Å². The van der Waals surface area contributed by atoms with Crippen molar-refractivity contribution in [3.63, 3.8) is 0 Å². The predicted molar refractivity (Wildman–Crippen MR) is 89.2 cm³/mol. The molecule has 0 unspecified atom stereocenters. The summed E-state index contributed by atoms with van der Waals surface area (Å²) < 4.78 is 0. The fourth-order valence-electron chi connectivity index (χ4n) is 1.84. The molecule has 3 rings (SSSR count). The molecule has 1 aromatic carbocycles. The first-order valence-electron chi connectivity index (χ1n) is 6.86. The minimum atomic E-state index is -0.200. The maximum atomic E-state index is 11.6. The van der Waals surface area contributed by atoms with E-state index in [2.05, 4.69) is 20.9 Å². The molecule has 1 aliphatic rings. The maximum absolute atomic E-state index is 11.6. The van der Waals surface area contributed by atoms with Gasteiger partial charge < -0.3 is 16.0 Å². The molecule has 1 fully saturated rings. The molecule has 1 saturated carbocycles. The Kier molecular flexibility index (Phi) is 4.36. The summed E-state index contributed by atoms with van der Waals surface area (Å²) in [4.78, 5) is 15.9. The fourth-order valence-corrected chi connectivity index (χ4v) is 2.14. The molecule has 1 aliphatic carbocycles. The summed E-state index contributed by atoms with van der Waals surface area (Å²) in [6, 6.07) is 8.92. The Morgan fingerprint density at radius 1 is 1.09 bits per heavy atom. The van der Waals surface area contributed by atoms with E-state index < -0.39 is 0 Å². The highest BCUT2D eigenvalue weighted by atomic mass is 35.5. The molecule has 1 aromatic heterocycles. The standard InChI is InChI=1S/C15H14Cl2N4O/c16-12-5-3-10(7-13(12)17)19-14-6-4-11(8-18-14)21-15(22)20-9-1-2-9/h3-9H,1-2H2,(H,18,19)(H2,20,21,22). The third kappa shape index (κ3) is 4.02. The molecule has 0 saturated heterocycles. The Morgan fingerprint density at radius 3 is 2.50 bits per heavy atom. The number of carbonyl (C=O) groups excluding carboxylic acids is 1. The van der Waals surface area contributed by atoms with E-state index in [1.165, 1.54) is 0 Å². The van der Waals surface area contributed by atoms with Crippen LogP contribution in [-0.4, -0.2) is 17.1 Å². The number of anilines is 3. The van der Waals surface area contributed by atoms with Crippen LogP contribution in [0.15, 0.2) is 36.5 Å². The molecule has 0 atom stereocenters. The van der Waals surface area contributed by atoms with Crippen LogP contribution in [0.1, 0.15) is 12.8 Å². The number of hydrogen-bond acceptors (Lipinski definition) is 3. The van der Waals surface area contributed by atoms with Crippen LogP contribution in [0, 0.1) is 0 Å². The molecule has 5 nitrogen and oxygen atoms in total. The van der Waals surface area contributed by atoms with Gasteiger partial charge in [-0.05, 0) is 43.2 Å². The molecular weight excluding hydrogens is 323 g/mol. The zero-order valence-corrected chi connectivity index (χ0v) is 13.1. The molecule has 0 spiro atoms. The molecule has 0 aliphatic heterocycles. The van der Waals surface area contributed by atoms with E-state index in [0.29, 0.717) is 27.6 Å². The van der Waals surface area contributed by atoms with Crippen molar-refractivity contribution in [1.82, 2.24) is 10.3 Å². The normalized spacial score (nSPS) is 13.5. The summed E-state index contributed by atoms with van der Waals surface area (Å²) in [6.07, 6.45) is 3.70. The quantitative estimate of drug-likeness (QED) is 0.774. The van der Waals surface area contributed by atoms with E-state index in [1.54, 1.807) is 30.5 Å². The van der Waals surface area contributed by atoms with Gasteiger partial charge >= 0.3 is 6.03 Å². The maximum Gasteiger partial charge on any atom is 0.319 e. The summed E-state index contributed by atoms with van der Waals surface area (Å²) in [5.41, 5.74) is 1.42. The molecule has 1 heterocycles. The van der Waals surface area contributed by atoms with Crippen molar-refractivity contribution in [2.45, 2.75) is 18.9 Å². The first-order valence-corrected chi connectivity index (χ1v) is 7.61. The molecule has 2 amide bonds. The molecular formula is C15H14Cl2N4O. The van der Waals surface area contributed by atoms with E-state index in [-0.39, 0.29) is 6.03 Å². The Labute approximate surface area is 138 Å².